The molecule has 2 aliphatic rings. The minimum atomic E-state index is -0.825. The quantitative estimate of drug-likeness (QED) is 0.609. The Morgan fingerprint density at radius 1 is 1.33 bits per heavy atom. The van der Waals surface area contributed by atoms with Crippen molar-refractivity contribution in [1.82, 2.24) is 9.80 Å². The topological polar surface area (TPSA) is 101 Å². The van der Waals surface area contributed by atoms with Gasteiger partial charge >= 0.3 is 0 Å². The first-order valence-corrected chi connectivity index (χ1v) is 5.56. The number of nitrogens with zero attached hydrogens (tertiary/aromatic N) is 2. The Bertz CT molecular complexity index is 453. The van der Waals surface area contributed by atoms with Crippen LogP contribution in [0.15, 0.2) is 12.2 Å². The van der Waals surface area contributed by atoms with Gasteiger partial charge in [0.05, 0.1) is 6.54 Å². The molecule has 2 unspecified atom stereocenters. The van der Waals surface area contributed by atoms with Crippen molar-refractivity contribution in [3.8, 4) is 0 Å². The lowest BCUT2D eigenvalue weighted by Gasteiger charge is -2.21. The van der Waals surface area contributed by atoms with Crippen LogP contribution in [-0.2, 0) is 19.2 Å². The summed E-state index contributed by atoms with van der Waals surface area (Å²) in [4.78, 5) is 48.2. The van der Waals surface area contributed by atoms with Crippen molar-refractivity contribution < 1.29 is 19.2 Å². The van der Waals surface area contributed by atoms with Gasteiger partial charge < -0.3 is 10.6 Å². The van der Waals surface area contributed by atoms with Crippen molar-refractivity contribution in [2.45, 2.75) is 25.4 Å². The summed E-state index contributed by atoms with van der Waals surface area (Å²) < 4.78 is 0. The molecule has 1 saturated heterocycles. The predicted octanol–water partition coefficient (Wildman–Crippen LogP) is -1.61. The number of rotatable bonds is 3. The maximum Gasteiger partial charge on any atom is 0.254 e. The summed E-state index contributed by atoms with van der Waals surface area (Å²) in [6, 6.07) is -1.05. The van der Waals surface area contributed by atoms with Crippen molar-refractivity contribution in [3.05, 3.63) is 12.2 Å². The van der Waals surface area contributed by atoms with E-state index in [2.05, 4.69) is 0 Å². The van der Waals surface area contributed by atoms with Gasteiger partial charge in [-0.05, 0) is 13.3 Å². The number of primary amides is 1. The molecular weight excluding hydrogens is 238 g/mol. The molecule has 1 fully saturated rings. The average molecular weight is 251 g/mol. The highest BCUT2D eigenvalue weighted by Crippen LogP contribution is 2.25. The molecule has 7 heteroatoms. The van der Waals surface area contributed by atoms with Crippen LogP contribution in [-0.4, -0.2) is 52.1 Å². The van der Waals surface area contributed by atoms with Gasteiger partial charge in [-0.25, -0.2) is 0 Å². The van der Waals surface area contributed by atoms with Crippen LogP contribution in [0.5, 0.6) is 0 Å². The maximum absolute atomic E-state index is 12.1. The van der Waals surface area contributed by atoms with Crippen molar-refractivity contribution in [1.29, 1.82) is 0 Å². The van der Waals surface area contributed by atoms with E-state index in [-0.39, 0.29) is 12.6 Å². The minimum Gasteiger partial charge on any atom is -0.368 e. The molecule has 0 aromatic rings. The Kier molecular flexibility index (Phi) is 2.90. The molecule has 0 bridgehead atoms. The van der Waals surface area contributed by atoms with Crippen molar-refractivity contribution >= 4 is 23.6 Å². The number of likely N-dealkylation sites (tertiary alicyclic amines) is 1. The molecule has 0 spiro atoms. The van der Waals surface area contributed by atoms with Crippen LogP contribution in [0.3, 0.4) is 0 Å². The minimum absolute atomic E-state index is 0.194. The number of hydrogen-bond donors (Lipinski definition) is 1. The molecule has 0 aromatic carbocycles. The molecule has 0 radical (unpaired) electrons. The summed E-state index contributed by atoms with van der Waals surface area (Å²) in [6.07, 6.45) is 2.60. The SMILES string of the molecule is CC1CC(N2C(=O)C=CC2=O)C(=O)N1CC(N)=O. The zero-order valence-corrected chi connectivity index (χ0v) is 9.83. The molecule has 18 heavy (non-hydrogen) atoms. The highest BCUT2D eigenvalue weighted by molar-refractivity contribution is 6.15. The van der Waals surface area contributed by atoms with Gasteiger partial charge in [0.25, 0.3) is 11.8 Å². The number of carbonyl (C=O) groups is 4. The van der Waals surface area contributed by atoms with E-state index in [1.807, 2.05) is 0 Å². The van der Waals surface area contributed by atoms with Crippen LogP contribution in [0.1, 0.15) is 13.3 Å². The van der Waals surface area contributed by atoms with E-state index in [9.17, 15) is 19.2 Å². The second-order valence-electron chi connectivity index (χ2n) is 4.41. The molecule has 2 atom stereocenters. The highest BCUT2D eigenvalue weighted by Gasteiger charge is 2.45. The summed E-state index contributed by atoms with van der Waals surface area (Å²) in [5.74, 6) is -2.02. The molecule has 2 aliphatic heterocycles. The van der Waals surface area contributed by atoms with Gasteiger partial charge in [-0.15, -0.1) is 0 Å². The Balaban J connectivity index is 2.18. The van der Waals surface area contributed by atoms with Crippen LogP contribution < -0.4 is 5.73 Å². The molecule has 4 amide bonds. The van der Waals surface area contributed by atoms with E-state index in [1.54, 1.807) is 6.92 Å². The molecule has 0 saturated carbocycles. The fourth-order valence-corrected chi connectivity index (χ4v) is 2.30. The monoisotopic (exact) mass is 251 g/mol. The fraction of sp³-hybridized carbons (Fsp3) is 0.455. The van der Waals surface area contributed by atoms with Crippen LogP contribution in [0.4, 0.5) is 0 Å². The van der Waals surface area contributed by atoms with Crippen molar-refractivity contribution in [2.75, 3.05) is 6.54 Å². The average Bonchev–Trinajstić information content (AvgIpc) is 2.73. The standard InChI is InChI=1S/C11H13N3O4/c1-6-4-7(11(18)13(6)5-8(12)15)14-9(16)2-3-10(14)17/h2-3,6-7H,4-5H2,1H3,(H2,12,15). The van der Waals surface area contributed by atoms with Gasteiger partial charge in [-0.1, -0.05) is 0 Å². The van der Waals surface area contributed by atoms with Gasteiger partial charge in [0.1, 0.15) is 6.04 Å². The Hall–Kier alpha value is -2.18. The van der Waals surface area contributed by atoms with Crippen molar-refractivity contribution in [3.63, 3.8) is 0 Å². The van der Waals surface area contributed by atoms with Crippen molar-refractivity contribution in [2.24, 2.45) is 5.73 Å². The van der Waals surface area contributed by atoms with Crippen LogP contribution in [0, 0.1) is 0 Å². The highest BCUT2D eigenvalue weighted by atomic mass is 16.2. The first-order valence-electron chi connectivity index (χ1n) is 5.56. The van der Waals surface area contributed by atoms with Gasteiger partial charge in [-0.2, -0.15) is 0 Å². The normalized spacial score (nSPS) is 27.5. The van der Waals surface area contributed by atoms with Gasteiger partial charge in [0, 0.05) is 18.2 Å². The van der Waals surface area contributed by atoms with E-state index in [0.29, 0.717) is 6.42 Å². The zero-order valence-electron chi connectivity index (χ0n) is 9.83. The number of nitrogens with two attached hydrogens (primary N) is 1. The number of hydrogen-bond acceptors (Lipinski definition) is 4. The molecule has 7 nitrogen and oxygen atoms in total. The summed E-state index contributed by atoms with van der Waals surface area (Å²) in [5, 5.41) is 0. The van der Waals surface area contributed by atoms with E-state index in [1.165, 1.54) is 4.90 Å². The summed E-state index contributed by atoms with van der Waals surface area (Å²) >= 11 is 0. The molecule has 0 aromatic heterocycles. The van der Waals surface area contributed by atoms with Gasteiger partial charge in [0.2, 0.25) is 11.8 Å². The third kappa shape index (κ3) is 1.87. The zero-order chi connectivity index (χ0) is 13.4. The van der Waals surface area contributed by atoms with E-state index >= 15 is 0 Å². The molecule has 96 valence electrons. The third-order valence-electron chi connectivity index (χ3n) is 3.15. The van der Waals surface area contributed by atoms with Gasteiger partial charge in [0.15, 0.2) is 0 Å². The smallest absolute Gasteiger partial charge is 0.254 e. The molecule has 2 N–H and O–H groups in total. The fourth-order valence-electron chi connectivity index (χ4n) is 2.30. The van der Waals surface area contributed by atoms with E-state index < -0.39 is 29.7 Å². The molecule has 2 heterocycles. The number of imide groups is 1. The van der Waals surface area contributed by atoms with Gasteiger partial charge in [-0.3, -0.25) is 24.1 Å². The second-order valence-corrected chi connectivity index (χ2v) is 4.41. The third-order valence-corrected chi connectivity index (χ3v) is 3.15. The van der Waals surface area contributed by atoms with Crippen LogP contribution >= 0.6 is 0 Å². The lowest BCUT2D eigenvalue weighted by molar-refractivity contribution is -0.146. The van der Waals surface area contributed by atoms with E-state index in [0.717, 1.165) is 17.1 Å². The molecular formula is C11H13N3O4. The first-order chi connectivity index (χ1) is 8.41. The maximum atomic E-state index is 12.1. The first kappa shape index (κ1) is 12.3. The second kappa shape index (κ2) is 4.25. The van der Waals surface area contributed by atoms with Crippen LogP contribution in [0.25, 0.3) is 0 Å². The lowest BCUT2D eigenvalue weighted by Crippen LogP contribution is -2.46. The number of carbonyl (C=O) groups excluding carboxylic acids is 4. The summed E-state index contributed by atoms with van der Waals surface area (Å²) in [7, 11) is 0. The lowest BCUT2D eigenvalue weighted by atomic mass is 10.1. The van der Waals surface area contributed by atoms with Crippen LogP contribution in [0.2, 0.25) is 0 Å². The molecule has 0 aliphatic carbocycles. The largest absolute Gasteiger partial charge is 0.368 e. The predicted molar refractivity (Wildman–Crippen MR) is 59.8 cm³/mol. The van der Waals surface area contributed by atoms with E-state index in [4.69, 9.17) is 5.73 Å². The Morgan fingerprint density at radius 3 is 2.39 bits per heavy atom. The Morgan fingerprint density at radius 2 is 1.89 bits per heavy atom. The Labute approximate surface area is 103 Å². The summed E-state index contributed by atoms with van der Waals surface area (Å²) in [6.45, 7) is 1.56. The number of amides is 4. The molecule has 2 rings (SSSR count). The summed E-state index contributed by atoms with van der Waals surface area (Å²) in [5.41, 5.74) is 5.06.